The number of hydrogen-bond donors (Lipinski definition) is 1. The summed E-state index contributed by atoms with van der Waals surface area (Å²) in [6.45, 7) is 0. The fraction of sp³-hybridized carbons (Fsp3) is 0.294. The van der Waals surface area contributed by atoms with Gasteiger partial charge in [0, 0.05) is 16.3 Å². The van der Waals surface area contributed by atoms with Gasteiger partial charge >= 0.3 is 10.1 Å². The Morgan fingerprint density at radius 2 is 1.50 bits per heavy atom. The van der Waals surface area contributed by atoms with Crippen LogP contribution in [0.3, 0.4) is 0 Å². The summed E-state index contributed by atoms with van der Waals surface area (Å²) < 4.78 is 66.6. The van der Waals surface area contributed by atoms with Crippen molar-refractivity contribution in [1.29, 1.82) is 0 Å². The van der Waals surface area contributed by atoms with Crippen LogP contribution in [0.25, 0.3) is 0 Å². The molecule has 0 saturated carbocycles. The first kappa shape index (κ1) is 23.0. The largest absolute Gasteiger partial charge is 0.379 e. The van der Waals surface area contributed by atoms with E-state index in [1.54, 1.807) is 6.07 Å². The van der Waals surface area contributed by atoms with Crippen LogP contribution in [-0.4, -0.2) is 21.4 Å². The van der Waals surface area contributed by atoms with E-state index in [1.807, 2.05) is 51.2 Å². The fourth-order valence-corrected chi connectivity index (χ4v) is 8.39. The summed E-state index contributed by atoms with van der Waals surface area (Å²) in [5.74, 6) is 0.119. The normalized spacial score (nSPS) is 15.0. The summed E-state index contributed by atoms with van der Waals surface area (Å²) >= 11 is 6.09. The molecule has 0 aromatic heterocycles. The average molecular weight is 760 g/mol. The van der Waals surface area contributed by atoms with Gasteiger partial charge in [0.05, 0.1) is 4.90 Å². The molecule has 0 bridgehead atoms. The van der Waals surface area contributed by atoms with Gasteiger partial charge in [-0.15, -0.1) is 0 Å². The van der Waals surface area contributed by atoms with Gasteiger partial charge in [0.15, 0.2) is 0 Å². The molecule has 1 aliphatic rings. The molecule has 0 saturated heterocycles. The zero-order valence-electron chi connectivity index (χ0n) is 14.3. The molecule has 0 atom stereocenters. The summed E-state index contributed by atoms with van der Waals surface area (Å²) in [5.41, 5.74) is 0.978. The van der Waals surface area contributed by atoms with Crippen LogP contribution < -0.4 is 4.18 Å². The van der Waals surface area contributed by atoms with E-state index in [9.17, 15) is 21.4 Å². The zero-order valence-corrected chi connectivity index (χ0v) is 22.4. The third-order valence-corrected chi connectivity index (χ3v) is 10.6. The van der Waals surface area contributed by atoms with Crippen LogP contribution in [0.5, 0.6) is 5.75 Å². The summed E-state index contributed by atoms with van der Waals surface area (Å²) in [6, 6.07) is 5.95. The van der Waals surface area contributed by atoms with Gasteiger partial charge in [-0.05, 0) is 123 Å². The third kappa shape index (κ3) is 4.95. The Kier molecular flexibility index (Phi) is 7.22. The molecule has 0 spiro atoms. The molecule has 28 heavy (non-hydrogen) atoms. The van der Waals surface area contributed by atoms with Crippen LogP contribution in [0.2, 0.25) is 0 Å². The molecule has 2 aromatic rings. The van der Waals surface area contributed by atoms with E-state index in [1.165, 1.54) is 12.1 Å². The van der Waals surface area contributed by atoms with Crippen LogP contribution in [0.1, 0.15) is 30.4 Å². The van der Waals surface area contributed by atoms with E-state index >= 15 is 0 Å². The molecule has 1 aliphatic carbocycles. The van der Waals surface area contributed by atoms with E-state index in [0.717, 1.165) is 26.4 Å². The second-order valence-corrected chi connectivity index (χ2v) is 12.7. The molecule has 11 heteroatoms. The molecule has 0 unspecified atom stereocenters. The van der Waals surface area contributed by atoms with Crippen molar-refractivity contribution in [2.75, 3.05) is 0 Å². The van der Waals surface area contributed by atoms with E-state index in [0.29, 0.717) is 27.5 Å². The summed E-state index contributed by atoms with van der Waals surface area (Å²) in [7, 11) is -8.51. The van der Waals surface area contributed by atoms with Crippen molar-refractivity contribution < 1.29 is 25.6 Å². The number of rotatable bonds is 4. The lowest BCUT2D eigenvalue weighted by Gasteiger charge is -2.17. The molecule has 152 valence electrons. The van der Waals surface area contributed by atoms with Crippen molar-refractivity contribution in [3.05, 3.63) is 46.1 Å². The molecule has 0 aliphatic heterocycles. The average Bonchev–Trinajstić information content (AvgIpc) is 2.83. The van der Waals surface area contributed by atoms with Crippen LogP contribution in [0.15, 0.2) is 34.1 Å². The lowest BCUT2D eigenvalue weighted by Crippen LogP contribution is -2.15. The summed E-state index contributed by atoms with van der Waals surface area (Å²) in [6.07, 6.45) is 3.37. The topological polar surface area (TPSA) is 97.7 Å². The maximum Gasteiger partial charge on any atom is 0.340 e. The highest BCUT2D eigenvalue weighted by molar-refractivity contribution is 14.1. The van der Waals surface area contributed by atoms with Gasteiger partial charge in [-0.3, -0.25) is 4.55 Å². The Morgan fingerprint density at radius 1 is 0.857 bits per heavy atom. The van der Waals surface area contributed by atoms with Crippen molar-refractivity contribution in [1.82, 2.24) is 0 Å². The molecule has 1 N–H and O–H groups in total. The highest BCUT2D eigenvalue weighted by Gasteiger charge is 2.27. The van der Waals surface area contributed by atoms with Gasteiger partial charge in [-0.2, -0.15) is 16.8 Å². The summed E-state index contributed by atoms with van der Waals surface area (Å²) in [4.78, 5) is -0.0989. The lowest BCUT2D eigenvalue weighted by molar-refractivity contribution is 0.478. The van der Waals surface area contributed by atoms with Crippen molar-refractivity contribution in [2.24, 2.45) is 0 Å². The van der Waals surface area contributed by atoms with E-state index in [4.69, 9.17) is 4.18 Å². The van der Waals surface area contributed by atoms with Crippen molar-refractivity contribution >= 4 is 88.0 Å². The monoisotopic (exact) mass is 760 g/mol. The predicted molar refractivity (Wildman–Crippen MR) is 130 cm³/mol. The smallest absolute Gasteiger partial charge is 0.340 e. The SMILES string of the molecule is O=S(=O)(O)c1ccc(OS(=O)(=O)c2cc(I)cc(I)c2I)c2c1CCCCC2. The van der Waals surface area contributed by atoms with Crippen molar-refractivity contribution in [3.63, 3.8) is 0 Å². The van der Waals surface area contributed by atoms with Crippen molar-refractivity contribution in [3.8, 4) is 5.75 Å². The molecule has 0 fully saturated rings. The zero-order chi connectivity index (χ0) is 20.7. The maximum atomic E-state index is 13.0. The molecular weight excluding hydrogens is 745 g/mol. The first-order valence-electron chi connectivity index (χ1n) is 8.22. The second kappa shape index (κ2) is 8.80. The fourth-order valence-electron chi connectivity index (χ4n) is 3.18. The van der Waals surface area contributed by atoms with E-state index < -0.39 is 20.2 Å². The molecule has 0 amide bonds. The van der Waals surface area contributed by atoms with Gasteiger partial charge in [0.2, 0.25) is 0 Å². The Balaban J connectivity index is 2.13. The molecule has 0 radical (unpaired) electrons. The number of benzene rings is 2. The highest BCUT2D eigenvalue weighted by atomic mass is 127. The first-order chi connectivity index (χ1) is 13.0. The standard InChI is InChI=1S/C17H15I3O6S2/c18-10-8-13(19)17(20)16(9-10)28(24,25)26-14-6-7-15(27(21,22)23)12-5-3-1-2-4-11(12)14/h6-9H,1-5H2,(H,21,22,23). The second-order valence-electron chi connectivity index (χ2n) is 6.29. The van der Waals surface area contributed by atoms with Gasteiger partial charge in [-0.1, -0.05) is 6.42 Å². The lowest BCUT2D eigenvalue weighted by atomic mass is 10.0. The van der Waals surface area contributed by atoms with Crippen LogP contribution in [0.4, 0.5) is 0 Å². The number of fused-ring (bicyclic) bond motifs is 1. The Labute approximate surface area is 205 Å². The quantitative estimate of drug-likeness (QED) is 0.159. The van der Waals surface area contributed by atoms with Crippen LogP contribution >= 0.6 is 67.8 Å². The molecule has 6 nitrogen and oxygen atoms in total. The Hall–Kier alpha value is 0.290. The maximum absolute atomic E-state index is 13.0. The predicted octanol–water partition coefficient (Wildman–Crippen LogP) is 4.78. The Morgan fingerprint density at radius 3 is 2.14 bits per heavy atom. The highest BCUT2D eigenvalue weighted by Crippen LogP contribution is 2.36. The van der Waals surface area contributed by atoms with Gasteiger partial charge < -0.3 is 4.18 Å². The minimum absolute atomic E-state index is 0.0747. The van der Waals surface area contributed by atoms with Gasteiger partial charge in [0.25, 0.3) is 10.1 Å². The number of halogens is 3. The van der Waals surface area contributed by atoms with Crippen LogP contribution in [0, 0.1) is 10.7 Å². The van der Waals surface area contributed by atoms with Gasteiger partial charge in [-0.25, -0.2) is 0 Å². The molecular formula is C17H15I3O6S2. The Bertz CT molecular complexity index is 1140. The van der Waals surface area contributed by atoms with E-state index in [2.05, 4.69) is 22.6 Å². The van der Waals surface area contributed by atoms with E-state index in [-0.39, 0.29) is 15.5 Å². The van der Waals surface area contributed by atoms with Gasteiger partial charge in [0.1, 0.15) is 10.6 Å². The molecule has 3 rings (SSSR count). The minimum Gasteiger partial charge on any atom is -0.379 e. The van der Waals surface area contributed by atoms with Crippen LogP contribution in [-0.2, 0) is 33.1 Å². The molecule has 2 aromatic carbocycles. The summed E-state index contributed by atoms with van der Waals surface area (Å²) in [5, 5.41) is 0. The van der Waals surface area contributed by atoms with Crippen molar-refractivity contribution in [2.45, 2.75) is 41.9 Å². The first-order valence-corrected chi connectivity index (χ1v) is 14.3. The number of hydrogen-bond acceptors (Lipinski definition) is 5. The minimum atomic E-state index is -4.40. The third-order valence-electron chi connectivity index (χ3n) is 4.41. The molecule has 0 heterocycles.